The van der Waals surface area contributed by atoms with E-state index in [-0.39, 0.29) is 29.8 Å². The minimum Gasteiger partial charge on any atom is -0.466 e. The molecule has 2 aromatic heterocycles. The van der Waals surface area contributed by atoms with Crippen molar-refractivity contribution in [3.63, 3.8) is 0 Å². The van der Waals surface area contributed by atoms with Crippen molar-refractivity contribution in [3.05, 3.63) is 23.1 Å². The first-order valence-electron chi connectivity index (χ1n) is 9.20. The molecule has 140 valence electrons. The van der Waals surface area contributed by atoms with E-state index in [9.17, 15) is 9.90 Å². The van der Waals surface area contributed by atoms with Crippen LogP contribution in [0.2, 0.25) is 5.28 Å². The molecular formula is C18H23ClN4O3. The quantitative estimate of drug-likeness (QED) is 0.777. The number of rotatable bonds is 5. The van der Waals surface area contributed by atoms with E-state index in [0.717, 1.165) is 31.2 Å². The van der Waals surface area contributed by atoms with Crippen LogP contribution in [-0.4, -0.2) is 38.3 Å². The number of aromatic nitrogens is 3. The summed E-state index contributed by atoms with van der Waals surface area (Å²) in [6.45, 7) is 2.09. The van der Waals surface area contributed by atoms with Crippen LogP contribution in [0.1, 0.15) is 38.3 Å². The van der Waals surface area contributed by atoms with Gasteiger partial charge in [0.05, 0.1) is 24.8 Å². The van der Waals surface area contributed by atoms with Crippen molar-refractivity contribution in [2.75, 3.05) is 11.9 Å². The fraction of sp³-hybridized carbons (Fsp3) is 0.611. The van der Waals surface area contributed by atoms with Crippen LogP contribution >= 0.6 is 11.6 Å². The predicted octanol–water partition coefficient (Wildman–Crippen LogP) is 2.65. The third kappa shape index (κ3) is 2.93. The predicted molar refractivity (Wildman–Crippen MR) is 96.9 cm³/mol. The highest BCUT2D eigenvalue weighted by atomic mass is 35.5. The Morgan fingerprint density at radius 1 is 1.35 bits per heavy atom. The van der Waals surface area contributed by atoms with Gasteiger partial charge in [0.2, 0.25) is 5.28 Å². The minimum atomic E-state index is -0.163. The number of halogens is 1. The summed E-state index contributed by atoms with van der Waals surface area (Å²) in [5, 5.41) is 17.2. The molecule has 0 spiro atoms. The van der Waals surface area contributed by atoms with Gasteiger partial charge in [-0.2, -0.15) is 4.98 Å². The molecule has 2 N–H and O–H groups in total. The van der Waals surface area contributed by atoms with E-state index >= 15 is 0 Å². The molecule has 3 saturated carbocycles. The van der Waals surface area contributed by atoms with Crippen LogP contribution in [0.3, 0.4) is 0 Å². The number of nitrogens with zero attached hydrogens (tertiary/aromatic N) is 3. The molecule has 3 aliphatic carbocycles. The molecule has 2 atom stereocenters. The molecule has 5 rings (SSSR count). The summed E-state index contributed by atoms with van der Waals surface area (Å²) in [6, 6.07) is 3.62. The van der Waals surface area contributed by atoms with Crippen molar-refractivity contribution < 1.29 is 14.6 Å². The Kier molecular flexibility index (Phi) is 4.75. The second-order valence-electron chi connectivity index (χ2n) is 7.13. The number of aliphatic hydroxyl groups excluding tert-OH is 1. The van der Waals surface area contributed by atoms with Gasteiger partial charge in [-0.15, -0.1) is 5.10 Å². The summed E-state index contributed by atoms with van der Waals surface area (Å²) in [5.74, 6) is 1.07. The van der Waals surface area contributed by atoms with Crippen molar-refractivity contribution in [1.29, 1.82) is 0 Å². The molecule has 0 amide bonds. The van der Waals surface area contributed by atoms with Crippen LogP contribution in [0.15, 0.2) is 12.1 Å². The Bertz CT molecular complexity index is 816. The lowest BCUT2D eigenvalue weighted by Crippen LogP contribution is -2.52. The van der Waals surface area contributed by atoms with Crippen molar-refractivity contribution in [1.82, 2.24) is 14.6 Å². The number of carbonyl (C=O) groups is 1. The van der Waals surface area contributed by atoms with Gasteiger partial charge in [0.25, 0.3) is 0 Å². The lowest BCUT2D eigenvalue weighted by molar-refractivity contribution is -0.154. The summed E-state index contributed by atoms with van der Waals surface area (Å²) in [7, 11) is 0. The summed E-state index contributed by atoms with van der Waals surface area (Å²) < 4.78 is 6.95. The van der Waals surface area contributed by atoms with Gasteiger partial charge < -0.3 is 15.2 Å². The first kappa shape index (κ1) is 17.5. The number of hydrogen-bond acceptors (Lipinski definition) is 6. The molecule has 7 nitrogen and oxygen atoms in total. The highest BCUT2D eigenvalue weighted by Crippen LogP contribution is 2.46. The number of esters is 1. The molecule has 0 saturated heterocycles. The standard InChI is InChI=1S/C18H23ClN4O3/c1-2-26-17(25)14-10-3-5-11(6-4-10)15(14)20-16-13-8-7-12(9-24)23(13)22-18(19)21-16/h7-8,10-11,14-15,24H,2-6,9H2,1H3,(H,20,21,22)/t10?,11?,14-,15-/m0/s1. The van der Waals surface area contributed by atoms with Crippen molar-refractivity contribution in [2.24, 2.45) is 17.8 Å². The molecule has 3 fully saturated rings. The molecule has 2 aromatic rings. The fourth-order valence-corrected chi connectivity index (χ4v) is 4.80. The van der Waals surface area contributed by atoms with Crippen molar-refractivity contribution >= 4 is 28.9 Å². The zero-order valence-corrected chi connectivity index (χ0v) is 15.4. The number of hydrogen-bond donors (Lipinski definition) is 2. The molecule has 0 radical (unpaired) electrons. The number of anilines is 1. The van der Waals surface area contributed by atoms with Crippen molar-refractivity contribution in [2.45, 2.75) is 45.3 Å². The summed E-state index contributed by atoms with van der Waals surface area (Å²) in [5.41, 5.74) is 1.38. The third-order valence-electron chi connectivity index (χ3n) is 5.81. The summed E-state index contributed by atoms with van der Waals surface area (Å²) in [6.07, 6.45) is 4.37. The average Bonchev–Trinajstić information content (AvgIpc) is 3.05. The minimum absolute atomic E-state index is 0.0243. The van der Waals surface area contributed by atoms with E-state index in [1.807, 2.05) is 13.0 Å². The molecule has 26 heavy (non-hydrogen) atoms. The molecule has 2 bridgehead atoms. The van der Waals surface area contributed by atoms with Gasteiger partial charge in [-0.05, 0) is 68.2 Å². The van der Waals surface area contributed by atoms with Crippen LogP contribution in [0.5, 0.6) is 0 Å². The van der Waals surface area contributed by atoms with Crippen molar-refractivity contribution in [3.8, 4) is 0 Å². The first-order chi connectivity index (χ1) is 12.6. The van der Waals surface area contributed by atoms with E-state index in [4.69, 9.17) is 16.3 Å². The third-order valence-corrected chi connectivity index (χ3v) is 5.97. The van der Waals surface area contributed by atoms with Gasteiger partial charge in [0.15, 0.2) is 5.82 Å². The lowest BCUT2D eigenvalue weighted by atomic mass is 9.61. The summed E-state index contributed by atoms with van der Waals surface area (Å²) in [4.78, 5) is 17.0. The van der Waals surface area contributed by atoms with Crippen LogP contribution < -0.4 is 5.32 Å². The van der Waals surface area contributed by atoms with Gasteiger partial charge in [0.1, 0.15) is 5.52 Å². The maximum absolute atomic E-state index is 12.6. The smallest absolute Gasteiger partial charge is 0.311 e. The van der Waals surface area contributed by atoms with E-state index in [0.29, 0.717) is 30.0 Å². The van der Waals surface area contributed by atoms with Gasteiger partial charge >= 0.3 is 5.97 Å². The van der Waals surface area contributed by atoms with E-state index in [1.165, 1.54) is 0 Å². The Morgan fingerprint density at radius 2 is 2.08 bits per heavy atom. The van der Waals surface area contributed by atoms with Crippen LogP contribution in [0.25, 0.3) is 5.52 Å². The molecular weight excluding hydrogens is 356 g/mol. The van der Waals surface area contributed by atoms with Gasteiger partial charge in [0, 0.05) is 6.04 Å². The van der Waals surface area contributed by atoms with E-state index in [2.05, 4.69) is 15.4 Å². The number of carbonyl (C=O) groups excluding carboxylic acids is 1. The highest BCUT2D eigenvalue weighted by Gasteiger charge is 2.48. The first-order valence-corrected chi connectivity index (χ1v) is 9.58. The molecule has 2 heterocycles. The molecule has 0 aliphatic heterocycles. The highest BCUT2D eigenvalue weighted by molar-refractivity contribution is 6.28. The summed E-state index contributed by atoms with van der Waals surface area (Å²) >= 11 is 6.10. The Balaban J connectivity index is 1.69. The number of nitrogens with one attached hydrogen (secondary N) is 1. The van der Waals surface area contributed by atoms with Gasteiger partial charge in [-0.1, -0.05) is 0 Å². The maximum Gasteiger partial charge on any atom is 0.311 e. The largest absolute Gasteiger partial charge is 0.466 e. The number of fused-ring (bicyclic) bond motifs is 4. The van der Waals surface area contributed by atoms with Crippen LogP contribution in [-0.2, 0) is 16.1 Å². The van der Waals surface area contributed by atoms with Gasteiger partial charge in [-0.25, -0.2) is 4.52 Å². The molecule has 0 unspecified atom stereocenters. The van der Waals surface area contributed by atoms with Crippen LogP contribution in [0.4, 0.5) is 5.82 Å². The average molecular weight is 379 g/mol. The zero-order chi connectivity index (χ0) is 18.3. The van der Waals surface area contributed by atoms with Crippen LogP contribution in [0, 0.1) is 17.8 Å². The van der Waals surface area contributed by atoms with Gasteiger partial charge in [-0.3, -0.25) is 4.79 Å². The normalized spacial score (nSPS) is 27.7. The second-order valence-corrected chi connectivity index (χ2v) is 7.47. The molecule has 3 aliphatic rings. The van der Waals surface area contributed by atoms with E-state index in [1.54, 1.807) is 10.6 Å². The monoisotopic (exact) mass is 378 g/mol. The van der Waals surface area contributed by atoms with E-state index < -0.39 is 0 Å². The SMILES string of the molecule is CCOC(=O)[C@H]1C2CCC(CC2)[C@@H]1Nc1nc(Cl)nn2c(CO)ccc12. The second kappa shape index (κ2) is 7.04. The Labute approximate surface area is 156 Å². The fourth-order valence-electron chi connectivity index (χ4n) is 4.64. The topological polar surface area (TPSA) is 88.8 Å². The molecule has 0 aromatic carbocycles. The number of ether oxygens (including phenoxy) is 1. The molecule has 8 heteroatoms. The Morgan fingerprint density at radius 3 is 2.77 bits per heavy atom. The lowest BCUT2D eigenvalue weighted by Gasteiger charge is -2.47. The maximum atomic E-state index is 12.6. The zero-order valence-electron chi connectivity index (χ0n) is 14.7. The Hall–Kier alpha value is -1.86. The number of aliphatic hydroxyl groups is 1.